The summed E-state index contributed by atoms with van der Waals surface area (Å²) in [4.78, 5) is 4.72. The van der Waals surface area contributed by atoms with E-state index < -0.39 is 10.0 Å². The number of sulfonamides is 1. The SMILES string of the molecule is CCN(CC)S(=O)(=O)c1ccc(N=Cc2ccc(OCc3ccccc3)cc2)cc1. The first-order valence-electron chi connectivity index (χ1n) is 9.94. The molecular weight excluding hydrogens is 396 g/mol. The van der Waals surface area contributed by atoms with Crippen LogP contribution in [0.25, 0.3) is 0 Å². The number of ether oxygens (including phenoxy) is 1. The Morgan fingerprint density at radius 1 is 0.867 bits per heavy atom. The van der Waals surface area contributed by atoms with Gasteiger partial charge in [0.05, 0.1) is 10.6 Å². The van der Waals surface area contributed by atoms with Crippen LogP contribution in [0.2, 0.25) is 0 Å². The van der Waals surface area contributed by atoms with Crippen LogP contribution in [0.3, 0.4) is 0 Å². The van der Waals surface area contributed by atoms with Crippen molar-refractivity contribution in [2.75, 3.05) is 13.1 Å². The van der Waals surface area contributed by atoms with Gasteiger partial charge >= 0.3 is 0 Å². The van der Waals surface area contributed by atoms with Crippen LogP contribution in [-0.2, 0) is 16.6 Å². The predicted molar refractivity (Wildman–Crippen MR) is 121 cm³/mol. The molecule has 0 N–H and O–H groups in total. The van der Waals surface area contributed by atoms with Crippen molar-refractivity contribution in [3.05, 3.63) is 90.0 Å². The maximum absolute atomic E-state index is 12.5. The van der Waals surface area contributed by atoms with Crippen LogP contribution in [0.4, 0.5) is 5.69 Å². The molecule has 156 valence electrons. The zero-order chi connectivity index (χ0) is 21.4. The molecule has 0 amide bonds. The molecule has 0 spiro atoms. The molecule has 0 fully saturated rings. The zero-order valence-electron chi connectivity index (χ0n) is 17.2. The number of benzene rings is 3. The van der Waals surface area contributed by atoms with Gasteiger partial charge in [-0.2, -0.15) is 4.31 Å². The number of aliphatic imine (C=N–C) groups is 1. The maximum Gasteiger partial charge on any atom is 0.243 e. The van der Waals surface area contributed by atoms with E-state index in [9.17, 15) is 8.42 Å². The molecule has 3 aromatic rings. The quantitative estimate of drug-likeness (QED) is 0.454. The van der Waals surface area contributed by atoms with Gasteiger partial charge in [-0.25, -0.2) is 8.42 Å². The molecule has 0 saturated carbocycles. The summed E-state index contributed by atoms with van der Waals surface area (Å²) in [5.41, 5.74) is 2.74. The summed E-state index contributed by atoms with van der Waals surface area (Å²) in [6.07, 6.45) is 1.74. The highest BCUT2D eigenvalue weighted by Gasteiger charge is 2.20. The first kappa shape index (κ1) is 21.7. The lowest BCUT2D eigenvalue weighted by molar-refractivity contribution is 0.306. The summed E-state index contributed by atoms with van der Waals surface area (Å²) in [5.74, 6) is 0.793. The fourth-order valence-corrected chi connectivity index (χ4v) is 4.41. The topological polar surface area (TPSA) is 59.0 Å². The Hall–Kier alpha value is -2.96. The highest BCUT2D eigenvalue weighted by molar-refractivity contribution is 7.89. The summed E-state index contributed by atoms with van der Waals surface area (Å²) in [7, 11) is -3.45. The lowest BCUT2D eigenvalue weighted by Gasteiger charge is -2.18. The van der Waals surface area contributed by atoms with Crippen LogP contribution >= 0.6 is 0 Å². The Bertz CT molecular complexity index is 1060. The molecule has 0 bridgehead atoms. The van der Waals surface area contributed by atoms with E-state index in [1.807, 2.05) is 68.4 Å². The van der Waals surface area contributed by atoms with Gasteiger partial charge < -0.3 is 4.74 Å². The van der Waals surface area contributed by atoms with Gasteiger partial charge in [0.25, 0.3) is 0 Å². The van der Waals surface area contributed by atoms with Crippen molar-refractivity contribution < 1.29 is 13.2 Å². The van der Waals surface area contributed by atoms with Crippen LogP contribution in [0, 0.1) is 0 Å². The van der Waals surface area contributed by atoms with Crippen molar-refractivity contribution in [1.82, 2.24) is 4.31 Å². The molecule has 0 aliphatic carbocycles. The van der Waals surface area contributed by atoms with Crippen LogP contribution in [0.1, 0.15) is 25.0 Å². The molecule has 3 aromatic carbocycles. The largest absolute Gasteiger partial charge is 0.489 e. The number of hydrogen-bond acceptors (Lipinski definition) is 4. The lowest BCUT2D eigenvalue weighted by atomic mass is 10.2. The van der Waals surface area contributed by atoms with Gasteiger partial charge in [-0.05, 0) is 59.7 Å². The van der Waals surface area contributed by atoms with Gasteiger partial charge in [0.1, 0.15) is 12.4 Å². The zero-order valence-corrected chi connectivity index (χ0v) is 18.0. The minimum atomic E-state index is -3.45. The summed E-state index contributed by atoms with van der Waals surface area (Å²) >= 11 is 0. The molecule has 0 aliphatic rings. The molecule has 0 saturated heterocycles. The Morgan fingerprint density at radius 2 is 1.50 bits per heavy atom. The molecule has 0 heterocycles. The molecule has 0 atom stereocenters. The van der Waals surface area contributed by atoms with E-state index in [0.29, 0.717) is 25.4 Å². The Morgan fingerprint density at radius 3 is 2.10 bits per heavy atom. The lowest BCUT2D eigenvalue weighted by Crippen LogP contribution is -2.30. The summed E-state index contributed by atoms with van der Waals surface area (Å²) in [5, 5.41) is 0. The van der Waals surface area contributed by atoms with Crippen molar-refractivity contribution in [2.45, 2.75) is 25.3 Å². The maximum atomic E-state index is 12.5. The monoisotopic (exact) mass is 422 g/mol. The van der Waals surface area contributed by atoms with E-state index in [1.54, 1.807) is 30.5 Å². The summed E-state index contributed by atoms with van der Waals surface area (Å²) < 4.78 is 32.3. The molecule has 0 radical (unpaired) electrons. The van der Waals surface area contributed by atoms with E-state index in [-0.39, 0.29) is 4.90 Å². The van der Waals surface area contributed by atoms with Crippen molar-refractivity contribution in [3.8, 4) is 5.75 Å². The Labute approximate surface area is 178 Å². The third-order valence-corrected chi connectivity index (χ3v) is 6.74. The van der Waals surface area contributed by atoms with Gasteiger partial charge in [0, 0.05) is 19.3 Å². The second-order valence-corrected chi connectivity index (χ2v) is 8.62. The van der Waals surface area contributed by atoms with Gasteiger partial charge in [-0.3, -0.25) is 4.99 Å². The smallest absolute Gasteiger partial charge is 0.243 e. The molecule has 5 nitrogen and oxygen atoms in total. The first-order valence-corrected chi connectivity index (χ1v) is 11.4. The first-order chi connectivity index (χ1) is 14.5. The minimum absolute atomic E-state index is 0.282. The molecule has 0 aromatic heterocycles. The van der Waals surface area contributed by atoms with Gasteiger partial charge in [-0.1, -0.05) is 44.2 Å². The average Bonchev–Trinajstić information content (AvgIpc) is 2.78. The van der Waals surface area contributed by atoms with Crippen molar-refractivity contribution >= 4 is 21.9 Å². The van der Waals surface area contributed by atoms with E-state index >= 15 is 0 Å². The molecule has 3 rings (SSSR count). The molecular formula is C24H26N2O3S. The third kappa shape index (κ3) is 5.55. The fraction of sp³-hybridized carbons (Fsp3) is 0.208. The molecule has 0 aliphatic heterocycles. The second-order valence-electron chi connectivity index (χ2n) is 6.68. The number of nitrogens with zero attached hydrogens (tertiary/aromatic N) is 2. The van der Waals surface area contributed by atoms with E-state index in [4.69, 9.17) is 4.74 Å². The fourth-order valence-electron chi connectivity index (χ4n) is 2.96. The van der Waals surface area contributed by atoms with Crippen molar-refractivity contribution in [1.29, 1.82) is 0 Å². The highest BCUT2D eigenvalue weighted by atomic mass is 32.2. The Balaban J connectivity index is 1.61. The predicted octanol–water partition coefficient (Wildman–Crippen LogP) is 5.05. The standard InChI is InChI=1S/C24H26N2O3S/c1-3-26(4-2)30(27,28)24-16-12-22(13-17-24)25-18-20-10-14-23(15-11-20)29-19-21-8-6-5-7-9-21/h5-18H,3-4,19H2,1-2H3. The normalized spacial score (nSPS) is 11.8. The van der Waals surface area contributed by atoms with Gasteiger partial charge in [-0.15, -0.1) is 0 Å². The minimum Gasteiger partial charge on any atom is -0.489 e. The molecule has 30 heavy (non-hydrogen) atoms. The van der Waals surface area contributed by atoms with Crippen LogP contribution in [-0.4, -0.2) is 32.0 Å². The molecule has 0 unspecified atom stereocenters. The van der Waals surface area contributed by atoms with Crippen LogP contribution in [0.15, 0.2) is 88.8 Å². The van der Waals surface area contributed by atoms with Crippen molar-refractivity contribution in [2.24, 2.45) is 4.99 Å². The average molecular weight is 423 g/mol. The summed E-state index contributed by atoms with van der Waals surface area (Å²) in [6.45, 7) is 5.08. The Kier molecular flexibility index (Phi) is 7.38. The van der Waals surface area contributed by atoms with Crippen LogP contribution in [0.5, 0.6) is 5.75 Å². The van der Waals surface area contributed by atoms with E-state index in [0.717, 1.165) is 16.9 Å². The number of rotatable bonds is 9. The highest BCUT2D eigenvalue weighted by Crippen LogP contribution is 2.20. The molecule has 6 heteroatoms. The third-order valence-electron chi connectivity index (χ3n) is 4.67. The van der Waals surface area contributed by atoms with Gasteiger partial charge in [0.15, 0.2) is 0 Å². The summed E-state index contributed by atoms with van der Waals surface area (Å²) in [6, 6.07) is 24.3. The second kappa shape index (κ2) is 10.2. The number of hydrogen-bond donors (Lipinski definition) is 0. The van der Waals surface area contributed by atoms with E-state index in [1.165, 1.54) is 4.31 Å². The van der Waals surface area contributed by atoms with Crippen molar-refractivity contribution in [3.63, 3.8) is 0 Å². The van der Waals surface area contributed by atoms with Gasteiger partial charge in [0.2, 0.25) is 10.0 Å². The van der Waals surface area contributed by atoms with Crippen LogP contribution < -0.4 is 4.74 Å². The van der Waals surface area contributed by atoms with E-state index in [2.05, 4.69) is 4.99 Å².